The van der Waals surface area contributed by atoms with Crippen molar-refractivity contribution >= 4 is 22.9 Å². The monoisotopic (exact) mass is 798 g/mol. The van der Waals surface area contributed by atoms with Gasteiger partial charge in [0.25, 0.3) is 0 Å². The second-order valence-corrected chi connectivity index (χ2v) is 14.2. The molecule has 4 N–H and O–H groups in total. The second kappa shape index (κ2) is 17.8. The van der Waals surface area contributed by atoms with Gasteiger partial charge in [0.15, 0.2) is 17.0 Å². The van der Waals surface area contributed by atoms with Crippen molar-refractivity contribution in [2.45, 2.75) is 23.9 Å². The molecule has 8 aromatic rings. The number of aliphatic hydroxyl groups excluding tert-OH is 2. The zero-order valence-electron chi connectivity index (χ0n) is 33.3. The van der Waals surface area contributed by atoms with Crippen LogP contribution in [0.4, 0.5) is 11.8 Å². The number of fused-ring (bicyclic) bond motifs is 1. The average Bonchev–Trinajstić information content (AvgIpc) is 3.76. The normalized spacial score (nSPS) is 12.2. The summed E-state index contributed by atoms with van der Waals surface area (Å²) >= 11 is 0. The van der Waals surface area contributed by atoms with Crippen LogP contribution < -0.4 is 20.1 Å². The lowest BCUT2D eigenvalue weighted by Gasteiger charge is -2.38. The summed E-state index contributed by atoms with van der Waals surface area (Å²) in [6, 6.07) is 56.6. The number of ether oxygens (including phenoxy) is 3. The van der Waals surface area contributed by atoms with E-state index in [1.165, 1.54) is 10.9 Å². The Labute approximate surface area is 348 Å². The maximum absolute atomic E-state index is 11.4. The number of aliphatic hydroxyl groups is 2. The molecule has 0 amide bonds. The topological polar surface area (TPSA) is 136 Å². The van der Waals surface area contributed by atoms with E-state index in [-0.39, 0.29) is 19.2 Å². The molecule has 6 aromatic carbocycles. The van der Waals surface area contributed by atoms with Crippen LogP contribution in [0.3, 0.4) is 0 Å². The highest BCUT2D eigenvalue weighted by molar-refractivity contribution is 5.86. The standard InChI is InChI=1S/C49H46N6O5/c1-58-41-28-24-39(25-29-41)48(35-16-7-3-8-17-35,36-18-9-4-10-19-36)53-44-43-45(55(34-50-43)47(57)60-33-15-32-56)52-46(51-44)54-49(37-20-11-5-12-21-37,38-22-13-6-14-23-38)40-26-30-42(59-2)31-27-40/h3-14,16-31,34,47,56-57H,15,32-33H2,1-2H3,(H2,51,52,53,54). The van der Waals surface area contributed by atoms with Crippen molar-refractivity contribution in [1.82, 2.24) is 19.5 Å². The van der Waals surface area contributed by atoms with Gasteiger partial charge in [0.05, 0.1) is 20.8 Å². The minimum absolute atomic E-state index is 0.0828. The number of benzene rings is 6. The Balaban J connectivity index is 1.40. The Morgan fingerprint density at radius 2 is 0.983 bits per heavy atom. The molecule has 1 atom stereocenters. The maximum atomic E-state index is 11.4. The molecule has 0 spiro atoms. The van der Waals surface area contributed by atoms with Crippen LogP contribution in [0.15, 0.2) is 176 Å². The third kappa shape index (κ3) is 7.64. The van der Waals surface area contributed by atoms with E-state index in [0.717, 1.165) is 39.1 Å². The molecule has 11 heteroatoms. The maximum Gasteiger partial charge on any atom is 0.244 e. The van der Waals surface area contributed by atoms with Crippen LogP contribution in [0.1, 0.15) is 46.2 Å². The number of aromatic nitrogens is 4. The molecule has 0 fully saturated rings. The first-order valence-corrected chi connectivity index (χ1v) is 19.7. The van der Waals surface area contributed by atoms with Crippen LogP contribution in [-0.4, -0.2) is 57.2 Å². The van der Waals surface area contributed by atoms with E-state index >= 15 is 0 Å². The number of imidazole rings is 1. The molecule has 0 radical (unpaired) electrons. The fourth-order valence-corrected chi connectivity index (χ4v) is 7.77. The first kappa shape index (κ1) is 39.8. The molecule has 2 heterocycles. The molecular formula is C49H46N6O5. The van der Waals surface area contributed by atoms with E-state index in [0.29, 0.717) is 29.2 Å². The van der Waals surface area contributed by atoms with Gasteiger partial charge in [-0.2, -0.15) is 9.97 Å². The summed E-state index contributed by atoms with van der Waals surface area (Å²) in [6.45, 7) is 0.0321. The van der Waals surface area contributed by atoms with Gasteiger partial charge in [-0.25, -0.2) is 4.98 Å². The molecule has 11 nitrogen and oxygen atoms in total. The van der Waals surface area contributed by atoms with Gasteiger partial charge in [-0.3, -0.25) is 4.57 Å². The second-order valence-electron chi connectivity index (χ2n) is 14.2. The summed E-state index contributed by atoms with van der Waals surface area (Å²) in [5.41, 5.74) is 4.20. The Hall–Kier alpha value is -7.05. The van der Waals surface area contributed by atoms with E-state index in [4.69, 9.17) is 29.2 Å². The summed E-state index contributed by atoms with van der Waals surface area (Å²) in [5, 5.41) is 28.6. The highest BCUT2D eigenvalue weighted by Crippen LogP contribution is 2.44. The van der Waals surface area contributed by atoms with Crippen LogP contribution in [0, 0.1) is 0 Å². The highest BCUT2D eigenvalue weighted by Gasteiger charge is 2.40. The molecule has 1 unspecified atom stereocenters. The van der Waals surface area contributed by atoms with E-state index in [2.05, 4.69) is 59.2 Å². The van der Waals surface area contributed by atoms with E-state index in [9.17, 15) is 10.2 Å². The van der Waals surface area contributed by atoms with Gasteiger partial charge >= 0.3 is 0 Å². The molecule has 0 aliphatic rings. The molecule has 2 aromatic heterocycles. The SMILES string of the molecule is COc1ccc(C(Nc2nc(NC(c3ccccc3)(c3ccccc3)c3ccc(OC)cc3)c3ncn(C(O)OCCCO)c3n2)(c2ccccc2)c2ccccc2)cc1. The van der Waals surface area contributed by atoms with E-state index < -0.39 is 17.5 Å². The number of hydrogen-bond acceptors (Lipinski definition) is 10. The average molecular weight is 799 g/mol. The van der Waals surface area contributed by atoms with Crippen molar-refractivity contribution in [2.75, 3.05) is 38.1 Å². The Morgan fingerprint density at radius 3 is 1.40 bits per heavy atom. The van der Waals surface area contributed by atoms with Gasteiger partial charge in [0.2, 0.25) is 12.4 Å². The number of nitrogens with one attached hydrogen (secondary N) is 2. The fourth-order valence-electron chi connectivity index (χ4n) is 7.77. The smallest absolute Gasteiger partial charge is 0.244 e. The van der Waals surface area contributed by atoms with Crippen molar-refractivity contribution in [3.63, 3.8) is 0 Å². The van der Waals surface area contributed by atoms with Crippen LogP contribution in [0.2, 0.25) is 0 Å². The molecule has 0 saturated carbocycles. The number of rotatable bonds is 17. The first-order valence-electron chi connectivity index (χ1n) is 19.7. The van der Waals surface area contributed by atoms with Gasteiger partial charge in [0, 0.05) is 6.61 Å². The predicted molar refractivity (Wildman–Crippen MR) is 233 cm³/mol. The lowest BCUT2D eigenvalue weighted by Crippen LogP contribution is -2.40. The lowest BCUT2D eigenvalue weighted by molar-refractivity contribution is -0.152. The summed E-state index contributed by atoms with van der Waals surface area (Å²) in [4.78, 5) is 15.3. The third-order valence-corrected chi connectivity index (χ3v) is 10.7. The minimum Gasteiger partial charge on any atom is -0.497 e. The lowest BCUT2D eigenvalue weighted by atomic mass is 9.77. The Bertz CT molecular complexity index is 2510. The molecule has 0 bridgehead atoms. The number of methoxy groups -OCH3 is 2. The highest BCUT2D eigenvalue weighted by atomic mass is 16.6. The van der Waals surface area contributed by atoms with Gasteiger partial charge in [-0.05, 0) is 64.1 Å². The number of nitrogens with zero attached hydrogens (tertiary/aromatic N) is 4. The number of anilines is 2. The van der Waals surface area contributed by atoms with E-state index in [1.807, 2.05) is 121 Å². The van der Waals surface area contributed by atoms with Crippen molar-refractivity contribution < 1.29 is 24.4 Å². The molecule has 8 rings (SSSR count). The molecular weight excluding hydrogens is 753 g/mol. The Kier molecular flexibility index (Phi) is 11.8. The zero-order valence-corrected chi connectivity index (χ0v) is 33.3. The first-order chi connectivity index (χ1) is 29.5. The van der Waals surface area contributed by atoms with Gasteiger partial charge < -0.3 is 35.1 Å². The van der Waals surface area contributed by atoms with Crippen molar-refractivity contribution in [3.8, 4) is 11.5 Å². The van der Waals surface area contributed by atoms with Crippen LogP contribution in [0.5, 0.6) is 11.5 Å². The van der Waals surface area contributed by atoms with Gasteiger partial charge in [0.1, 0.15) is 28.9 Å². The van der Waals surface area contributed by atoms with Gasteiger partial charge in [-0.1, -0.05) is 146 Å². The van der Waals surface area contributed by atoms with Crippen LogP contribution in [-0.2, 0) is 15.8 Å². The van der Waals surface area contributed by atoms with Gasteiger partial charge in [-0.15, -0.1) is 0 Å². The largest absolute Gasteiger partial charge is 0.497 e. The summed E-state index contributed by atoms with van der Waals surface area (Å²) in [5.74, 6) is 2.06. The molecule has 302 valence electrons. The fraction of sp³-hybridized carbons (Fsp3) is 0.163. The van der Waals surface area contributed by atoms with E-state index in [1.54, 1.807) is 14.2 Å². The summed E-state index contributed by atoms with van der Waals surface area (Å²) < 4.78 is 18.4. The van der Waals surface area contributed by atoms with Crippen LogP contribution in [0.25, 0.3) is 11.2 Å². The minimum atomic E-state index is -1.46. The summed E-state index contributed by atoms with van der Waals surface area (Å²) in [6.07, 6.45) is 0.375. The third-order valence-electron chi connectivity index (χ3n) is 10.7. The number of hydrogen-bond donors (Lipinski definition) is 4. The predicted octanol–water partition coefficient (Wildman–Crippen LogP) is 8.50. The molecule has 60 heavy (non-hydrogen) atoms. The van der Waals surface area contributed by atoms with Crippen molar-refractivity contribution in [2.24, 2.45) is 0 Å². The summed E-state index contributed by atoms with van der Waals surface area (Å²) in [7, 11) is 3.30. The molecule has 0 aliphatic heterocycles. The van der Waals surface area contributed by atoms with Crippen molar-refractivity contribution in [1.29, 1.82) is 0 Å². The van der Waals surface area contributed by atoms with Crippen LogP contribution >= 0.6 is 0 Å². The molecule has 0 saturated heterocycles. The quantitative estimate of drug-likeness (QED) is 0.0404. The Morgan fingerprint density at radius 1 is 0.567 bits per heavy atom. The van der Waals surface area contributed by atoms with Crippen molar-refractivity contribution in [3.05, 3.63) is 210 Å². The zero-order chi connectivity index (χ0) is 41.4. The molecule has 0 aliphatic carbocycles.